The zero-order valence-electron chi connectivity index (χ0n) is 9.66. The fraction of sp³-hybridized carbons (Fsp3) is 0.909. The molecule has 0 spiro atoms. The summed E-state index contributed by atoms with van der Waals surface area (Å²) in [4.78, 5) is 11.6. The lowest BCUT2D eigenvalue weighted by atomic mass is 10.0. The van der Waals surface area contributed by atoms with Gasteiger partial charge in [0.05, 0.1) is 6.10 Å². The van der Waals surface area contributed by atoms with Gasteiger partial charge in [0.2, 0.25) is 5.91 Å². The van der Waals surface area contributed by atoms with Crippen molar-refractivity contribution in [1.82, 2.24) is 5.32 Å². The monoisotopic (exact) mass is 214 g/mol. The van der Waals surface area contributed by atoms with Crippen molar-refractivity contribution in [1.29, 1.82) is 0 Å². The number of hydrogen-bond donors (Lipinski definition) is 2. The van der Waals surface area contributed by atoms with Crippen molar-refractivity contribution in [2.24, 2.45) is 17.6 Å². The van der Waals surface area contributed by atoms with Crippen molar-refractivity contribution in [3.63, 3.8) is 0 Å². The first-order valence-electron chi connectivity index (χ1n) is 5.78. The summed E-state index contributed by atoms with van der Waals surface area (Å²) in [5, 5.41) is 2.96. The van der Waals surface area contributed by atoms with Crippen molar-refractivity contribution in [3.05, 3.63) is 0 Å². The molecule has 1 aliphatic rings. The summed E-state index contributed by atoms with van der Waals surface area (Å²) >= 11 is 0. The number of carbonyl (C=O) groups is 1. The SMILES string of the molecule is CCC(CN)C(=O)NCC1CCOC1C. The van der Waals surface area contributed by atoms with E-state index in [-0.39, 0.29) is 17.9 Å². The minimum absolute atomic E-state index is 0.0392. The van der Waals surface area contributed by atoms with Gasteiger partial charge >= 0.3 is 0 Å². The minimum atomic E-state index is -0.0392. The van der Waals surface area contributed by atoms with Crippen LogP contribution in [0.15, 0.2) is 0 Å². The summed E-state index contributed by atoms with van der Waals surface area (Å²) in [6, 6.07) is 0. The maximum absolute atomic E-state index is 11.6. The Morgan fingerprint density at radius 3 is 2.87 bits per heavy atom. The van der Waals surface area contributed by atoms with Gasteiger partial charge in [0, 0.05) is 31.5 Å². The Morgan fingerprint density at radius 2 is 2.40 bits per heavy atom. The van der Waals surface area contributed by atoms with E-state index in [1.165, 1.54) is 0 Å². The van der Waals surface area contributed by atoms with E-state index in [0.717, 1.165) is 26.0 Å². The van der Waals surface area contributed by atoms with Crippen LogP contribution in [0, 0.1) is 11.8 Å². The van der Waals surface area contributed by atoms with Gasteiger partial charge in [-0.3, -0.25) is 4.79 Å². The highest BCUT2D eigenvalue weighted by Gasteiger charge is 2.25. The Balaban J connectivity index is 2.26. The van der Waals surface area contributed by atoms with Gasteiger partial charge in [-0.25, -0.2) is 0 Å². The number of hydrogen-bond acceptors (Lipinski definition) is 3. The molecule has 88 valence electrons. The van der Waals surface area contributed by atoms with Crippen molar-refractivity contribution in [2.75, 3.05) is 19.7 Å². The molecule has 1 fully saturated rings. The molecule has 0 saturated carbocycles. The molecule has 1 amide bonds. The van der Waals surface area contributed by atoms with Gasteiger partial charge < -0.3 is 15.8 Å². The maximum Gasteiger partial charge on any atom is 0.224 e. The van der Waals surface area contributed by atoms with Crippen LogP contribution in [-0.2, 0) is 9.53 Å². The second kappa shape index (κ2) is 6.08. The second-order valence-corrected chi connectivity index (χ2v) is 4.21. The van der Waals surface area contributed by atoms with Gasteiger partial charge in [-0.1, -0.05) is 6.92 Å². The van der Waals surface area contributed by atoms with Crippen LogP contribution >= 0.6 is 0 Å². The van der Waals surface area contributed by atoms with Crippen LogP contribution in [0.25, 0.3) is 0 Å². The summed E-state index contributed by atoms with van der Waals surface area (Å²) in [6.07, 6.45) is 2.11. The van der Waals surface area contributed by atoms with Crippen LogP contribution in [0.4, 0.5) is 0 Å². The van der Waals surface area contributed by atoms with E-state index in [1.807, 2.05) is 6.92 Å². The third-order valence-corrected chi connectivity index (χ3v) is 3.22. The largest absolute Gasteiger partial charge is 0.378 e. The van der Waals surface area contributed by atoms with Gasteiger partial charge in [0.25, 0.3) is 0 Å². The molecule has 0 aromatic heterocycles. The summed E-state index contributed by atoms with van der Waals surface area (Å²) in [5.41, 5.74) is 5.51. The lowest BCUT2D eigenvalue weighted by molar-refractivity contribution is -0.125. The maximum atomic E-state index is 11.6. The Bertz CT molecular complexity index is 205. The molecule has 0 bridgehead atoms. The van der Waals surface area contributed by atoms with Crippen LogP contribution in [0.1, 0.15) is 26.7 Å². The lowest BCUT2D eigenvalue weighted by Gasteiger charge is -2.17. The molecule has 3 unspecified atom stereocenters. The smallest absolute Gasteiger partial charge is 0.224 e. The normalized spacial score (nSPS) is 27.7. The van der Waals surface area contributed by atoms with Crippen molar-refractivity contribution in [3.8, 4) is 0 Å². The molecule has 15 heavy (non-hydrogen) atoms. The zero-order valence-corrected chi connectivity index (χ0v) is 9.66. The molecule has 0 aromatic rings. The quantitative estimate of drug-likeness (QED) is 0.701. The molecule has 0 aromatic carbocycles. The molecule has 4 nitrogen and oxygen atoms in total. The first kappa shape index (κ1) is 12.5. The summed E-state index contributed by atoms with van der Waals surface area (Å²) in [7, 11) is 0. The summed E-state index contributed by atoms with van der Waals surface area (Å²) in [6.45, 7) is 6.01. The first-order chi connectivity index (χ1) is 7.19. The highest BCUT2D eigenvalue weighted by molar-refractivity contribution is 5.78. The van der Waals surface area contributed by atoms with Crippen LogP contribution in [0.3, 0.4) is 0 Å². The predicted octanol–water partition coefficient (Wildman–Crippen LogP) is 0.513. The highest BCUT2D eigenvalue weighted by Crippen LogP contribution is 2.19. The van der Waals surface area contributed by atoms with E-state index in [1.54, 1.807) is 0 Å². The summed E-state index contributed by atoms with van der Waals surface area (Å²) in [5.74, 6) is 0.506. The van der Waals surface area contributed by atoms with Crippen LogP contribution in [0.5, 0.6) is 0 Å². The minimum Gasteiger partial charge on any atom is -0.378 e. The molecule has 1 rings (SSSR count). The van der Waals surface area contributed by atoms with E-state index in [0.29, 0.717) is 12.5 Å². The molecule has 1 heterocycles. The van der Waals surface area contributed by atoms with Crippen molar-refractivity contribution >= 4 is 5.91 Å². The fourth-order valence-corrected chi connectivity index (χ4v) is 1.88. The van der Waals surface area contributed by atoms with Gasteiger partial charge in [0.15, 0.2) is 0 Å². The highest BCUT2D eigenvalue weighted by atomic mass is 16.5. The Labute approximate surface area is 91.5 Å². The second-order valence-electron chi connectivity index (χ2n) is 4.21. The molecule has 3 N–H and O–H groups in total. The van der Waals surface area contributed by atoms with E-state index in [9.17, 15) is 4.79 Å². The lowest BCUT2D eigenvalue weighted by Crippen LogP contribution is -2.38. The van der Waals surface area contributed by atoms with Gasteiger partial charge in [-0.2, -0.15) is 0 Å². The molecular weight excluding hydrogens is 192 g/mol. The average Bonchev–Trinajstić information content (AvgIpc) is 2.63. The van der Waals surface area contributed by atoms with Gasteiger partial charge in [-0.15, -0.1) is 0 Å². The van der Waals surface area contributed by atoms with E-state index in [4.69, 9.17) is 10.5 Å². The Kier molecular flexibility index (Phi) is 5.05. The van der Waals surface area contributed by atoms with Crippen LogP contribution in [-0.4, -0.2) is 31.7 Å². The molecular formula is C11H22N2O2. The molecule has 1 aliphatic heterocycles. The molecule has 1 saturated heterocycles. The Morgan fingerprint density at radius 1 is 1.67 bits per heavy atom. The molecule has 0 radical (unpaired) electrons. The van der Waals surface area contributed by atoms with Crippen molar-refractivity contribution < 1.29 is 9.53 Å². The predicted molar refractivity (Wildman–Crippen MR) is 59.4 cm³/mol. The van der Waals surface area contributed by atoms with Crippen LogP contribution in [0.2, 0.25) is 0 Å². The summed E-state index contributed by atoms with van der Waals surface area (Å²) < 4.78 is 5.43. The van der Waals surface area contributed by atoms with Crippen LogP contribution < -0.4 is 11.1 Å². The number of nitrogens with two attached hydrogens (primary N) is 1. The molecule has 3 atom stereocenters. The van der Waals surface area contributed by atoms with E-state index in [2.05, 4.69) is 12.2 Å². The topological polar surface area (TPSA) is 64.4 Å². The average molecular weight is 214 g/mol. The zero-order chi connectivity index (χ0) is 11.3. The number of carbonyl (C=O) groups excluding carboxylic acids is 1. The molecule has 0 aliphatic carbocycles. The standard InChI is InChI=1S/C11H22N2O2/c1-3-9(6-12)11(14)13-7-10-4-5-15-8(10)2/h8-10H,3-7,12H2,1-2H3,(H,13,14). The van der Waals surface area contributed by atoms with Gasteiger partial charge in [0.1, 0.15) is 0 Å². The van der Waals surface area contributed by atoms with E-state index >= 15 is 0 Å². The third-order valence-electron chi connectivity index (χ3n) is 3.22. The van der Waals surface area contributed by atoms with Crippen molar-refractivity contribution in [2.45, 2.75) is 32.8 Å². The van der Waals surface area contributed by atoms with Gasteiger partial charge in [-0.05, 0) is 19.8 Å². The Hall–Kier alpha value is -0.610. The number of rotatable bonds is 5. The number of nitrogens with one attached hydrogen (secondary N) is 1. The molecule has 4 heteroatoms. The first-order valence-corrected chi connectivity index (χ1v) is 5.78. The van der Waals surface area contributed by atoms with E-state index < -0.39 is 0 Å². The third kappa shape index (κ3) is 3.47. The number of amides is 1. The fourth-order valence-electron chi connectivity index (χ4n) is 1.88. The number of ether oxygens (including phenoxy) is 1.